The highest BCUT2D eigenvalue weighted by Crippen LogP contribution is 2.43. The number of rotatable bonds is 8. The fourth-order valence-electron chi connectivity index (χ4n) is 3.42. The van der Waals surface area contributed by atoms with E-state index in [1.807, 2.05) is 0 Å². The van der Waals surface area contributed by atoms with Gasteiger partial charge in [0, 0.05) is 30.2 Å². The first-order chi connectivity index (χ1) is 15.9. The number of pyridine rings is 1. The summed E-state index contributed by atoms with van der Waals surface area (Å²) >= 11 is 15.4. The van der Waals surface area contributed by atoms with E-state index < -0.39 is 23.3 Å². The minimum absolute atomic E-state index is 0.0273. The van der Waals surface area contributed by atoms with Crippen molar-refractivity contribution in [1.29, 1.82) is 0 Å². The van der Waals surface area contributed by atoms with E-state index in [1.165, 1.54) is 12.4 Å². The van der Waals surface area contributed by atoms with E-state index >= 15 is 0 Å². The van der Waals surface area contributed by atoms with E-state index in [0.717, 1.165) is 5.56 Å². The molecule has 180 valence electrons. The third-order valence-electron chi connectivity index (χ3n) is 5.30. The fourth-order valence-corrected chi connectivity index (χ4v) is 5.06. The van der Waals surface area contributed by atoms with Crippen molar-refractivity contribution in [2.75, 3.05) is 5.32 Å². The van der Waals surface area contributed by atoms with Crippen LogP contribution in [0.4, 0.5) is 5.69 Å². The molecule has 34 heavy (non-hydrogen) atoms. The van der Waals surface area contributed by atoms with Gasteiger partial charge in [-0.2, -0.15) is 0 Å². The van der Waals surface area contributed by atoms with Gasteiger partial charge in [-0.15, -0.1) is 0 Å². The number of ketones is 1. The number of anilines is 1. The summed E-state index contributed by atoms with van der Waals surface area (Å²) in [5.41, 5.74) is 1.45. The molecule has 1 aliphatic rings. The first-order valence-electron chi connectivity index (χ1n) is 10.5. The second kappa shape index (κ2) is 10.5. The molecule has 0 bridgehead atoms. The smallest absolute Gasteiger partial charge is 0.329 e. The van der Waals surface area contributed by atoms with Gasteiger partial charge in [0.15, 0.2) is 5.78 Å². The molecule has 0 saturated heterocycles. The zero-order chi connectivity index (χ0) is 25.2. The van der Waals surface area contributed by atoms with E-state index in [-0.39, 0.29) is 27.5 Å². The number of nitrogens with zero attached hydrogens (tertiary/aromatic N) is 1. The number of ether oxygens (including phenoxy) is 1. The Balaban J connectivity index is 1.75. The van der Waals surface area contributed by atoms with Crippen LogP contribution in [0.2, 0.25) is 10.0 Å². The predicted molar refractivity (Wildman–Crippen MR) is 135 cm³/mol. The Hall–Kier alpha value is -2.42. The number of amides is 1. The van der Waals surface area contributed by atoms with Crippen molar-refractivity contribution in [3.63, 3.8) is 0 Å². The Morgan fingerprint density at radius 1 is 1.12 bits per heavy atom. The molecular weight excluding hydrogens is 545 g/mol. The van der Waals surface area contributed by atoms with Crippen molar-refractivity contribution in [3.8, 4) is 0 Å². The second-order valence-electron chi connectivity index (χ2n) is 8.66. The number of hydrogen-bond acceptors (Lipinski definition) is 6. The highest BCUT2D eigenvalue weighted by atomic mass is 79.9. The quantitative estimate of drug-likeness (QED) is 0.419. The third-order valence-corrected chi connectivity index (χ3v) is 6.63. The summed E-state index contributed by atoms with van der Waals surface area (Å²) in [6.45, 7) is 7.15. The largest absolute Gasteiger partial charge is 0.461 e. The van der Waals surface area contributed by atoms with Crippen LogP contribution in [0.5, 0.6) is 0 Å². The van der Waals surface area contributed by atoms with Gasteiger partial charge in [0.25, 0.3) is 5.91 Å². The Morgan fingerprint density at radius 2 is 1.71 bits per heavy atom. The number of carbonyl (C=O) groups is 3. The molecule has 1 aliphatic carbocycles. The monoisotopic (exact) mass is 567 g/mol. The summed E-state index contributed by atoms with van der Waals surface area (Å²) in [7, 11) is 0. The van der Waals surface area contributed by atoms with Gasteiger partial charge < -0.3 is 15.4 Å². The van der Waals surface area contributed by atoms with Crippen molar-refractivity contribution >= 4 is 62.5 Å². The molecule has 0 aliphatic heterocycles. The zero-order valence-corrected chi connectivity index (χ0v) is 22.1. The fraction of sp³-hybridized carbons (Fsp3) is 0.333. The van der Waals surface area contributed by atoms with Gasteiger partial charge in [0.05, 0.1) is 31.6 Å². The van der Waals surface area contributed by atoms with E-state index in [9.17, 15) is 14.4 Å². The van der Waals surface area contributed by atoms with Gasteiger partial charge in [-0.3, -0.25) is 14.6 Å². The lowest BCUT2D eigenvalue weighted by Gasteiger charge is -2.38. The van der Waals surface area contributed by atoms with Crippen LogP contribution < -0.4 is 10.6 Å². The number of nitrogens with one attached hydrogen (secondary N) is 2. The van der Waals surface area contributed by atoms with Crippen LogP contribution in [-0.2, 0) is 20.7 Å². The average molecular weight is 569 g/mol. The molecule has 1 aromatic carbocycles. The Bertz CT molecular complexity index is 1140. The lowest BCUT2D eigenvalue weighted by Crippen LogP contribution is -2.50. The molecule has 0 saturated carbocycles. The molecule has 1 aromatic heterocycles. The Labute approximate surface area is 216 Å². The molecule has 0 radical (unpaired) electrons. The van der Waals surface area contributed by atoms with Crippen LogP contribution in [0.1, 0.15) is 43.6 Å². The first kappa shape index (κ1) is 26.2. The maximum atomic E-state index is 12.8. The van der Waals surface area contributed by atoms with Crippen molar-refractivity contribution < 1.29 is 19.1 Å². The van der Waals surface area contributed by atoms with Crippen molar-refractivity contribution in [3.05, 3.63) is 68.0 Å². The molecule has 2 N–H and O–H groups in total. The third kappa shape index (κ3) is 5.62. The summed E-state index contributed by atoms with van der Waals surface area (Å²) in [5.74, 6) is -0.906. The van der Waals surface area contributed by atoms with Crippen LogP contribution in [0.3, 0.4) is 0 Å². The number of allylic oxidation sites excluding steroid dienone is 2. The number of benzene rings is 1. The Morgan fingerprint density at radius 3 is 2.24 bits per heavy atom. The van der Waals surface area contributed by atoms with Gasteiger partial charge in [-0.1, -0.05) is 35.3 Å². The van der Waals surface area contributed by atoms with Crippen LogP contribution in [-0.4, -0.2) is 34.8 Å². The van der Waals surface area contributed by atoms with Crippen molar-refractivity contribution in [1.82, 2.24) is 10.3 Å². The molecular formula is C24H24BrCl2N3O4. The number of esters is 1. The summed E-state index contributed by atoms with van der Waals surface area (Å²) < 4.78 is 5.86. The van der Waals surface area contributed by atoms with E-state index in [4.69, 9.17) is 27.9 Å². The van der Waals surface area contributed by atoms with Gasteiger partial charge in [-0.05, 0) is 61.3 Å². The number of carbonyl (C=O) groups excluding carboxylic acids is 3. The second-order valence-corrected chi connectivity index (χ2v) is 10.3. The van der Waals surface area contributed by atoms with E-state index in [0.29, 0.717) is 22.3 Å². The SMILES string of the molecule is CC(C)OC(=O)[C@H](Cc1ccc(NC(=O)c2c(Cl)cncc2Cl)cc1)NC1=C(Br)C(=O)C1(C)C. The number of halogens is 3. The van der Waals surface area contributed by atoms with Crippen LogP contribution >= 0.6 is 39.1 Å². The number of Topliss-reactive ketones (excluding diaryl/α,β-unsaturated/α-hetero) is 1. The summed E-state index contributed by atoms with van der Waals surface area (Å²) in [4.78, 5) is 41.3. The lowest BCUT2D eigenvalue weighted by atomic mass is 9.74. The standard InChI is InChI=1S/C24H24BrCl2N3O4/c1-12(2)34-23(33)17(30-20-19(25)21(31)24(20,3)4)9-13-5-7-14(8-6-13)29-22(32)18-15(26)10-28-11-16(18)27/h5-8,10-12,17,30H,9H2,1-4H3,(H,29,32)/t17-/m0/s1. The summed E-state index contributed by atoms with van der Waals surface area (Å²) in [6.07, 6.45) is 2.73. The minimum atomic E-state index is -0.709. The molecule has 0 spiro atoms. The average Bonchev–Trinajstić information content (AvgIpc) is 2.76. The molecule has 1 atom stereocenters. The highest BCUT2D eigenvalue weighted by Gasteiger charge is 2.46. The van der Waals surface area contributed by atoms with Gasteiger partial charge in [-0.25, -0.2) is 4.79 Å². The minimum Gasteiger partial charge on any atom is -0.461 e. The number of aromatic nitrogens is 1. The lowest BCUT2D eigenvalue weighted by molar-refractivity contribution is -0.150. The van der Waals surface area contributed by atoms with Crippen LogP contribution in [0, 0.1) is 5.41 Å². The Kier molecular flexibility index (Phi) is 8.06. The van der Waals surface area contributed by atoms with Gasteiger partial charge in [0.2, 0.25) is 0 Å². The zero-order valence-electron chi connectivity index (χ0n) is 19.0. The van der Waals surface area contributed by atoms with Crippen LogP contribution in [0.25, 0.3) is 0 Å². The maximum absolute atomic E-state index is 12.8. The topological polar surface area (TPSA) is 97.4 Å². The van der Waals surface area contributed by atoms with Crippen molar-refractivity contribution in [2.24, 2.45) is 5.41 Å². The summed E-state index contributed by atoms with van der Waals surface area (Å²) in [6, 6.07) is 6.32. The normalized spacial score (nSPS) is 15.6. The molecule has 0 unspecified atom stereocenters. The molecule has 1 heterocycles. The molecule has 3 rings (SSSR count). The highest BCUT2D eigenvalue weighted by molar-refractivity contribution is 9.12. The molecule has 1 amide bonds. The van der Waals surface area contributed by atoms with Crippen LogP contribution in [0.15, 0.2) is 46.8 Å². The van der Waals surface area contributed by atoms with Gasteiger partial charge in [0.1, 0.15) is 6.04 Å². The molecule has 0 fully saturated rings. The molecule has 10 heteroatoms. The first-order valence-corrected chi connectivity index (χ1v) is 12.1. The molecule has 2 aromatic rings. The van der Waals surface area contributed by atoms with Gasteiger partial charge >= 0.3 is 5.97 Å². The number of hydrogen-bond donors (Lipinski definition) is 2. The molecule has 7 nitrogen and oxygen atoms in total. The van der Waals surface area contributed by atoms with E-state index in [2.05, 4.69) is 31.5 Å². The van der Waals surface area contributed by atoms with Crippen molar-refractivity contribution in [2.45, 2.75) is 46.3 Å². The maximum Gasteiger partial charge on any atom is 0.329 e. The predicted octanol–water partition coefficient (Wildman–Crippen LogP) is 5.31. The van der Waals surface area contributed by atoms with E-state index in [1.54, 1.807) is 52.0 Å². The summed E-state index contributed by atoms with van der Waals surface area (Å²) in [5, 5.41) is 6.24.